The van der Waals surface area contributed by atoms with E-state index in [-0.39, 0.29) is 12.1 Å². The molecule has 0 atom stereocenters. The number of carbonyl (C=O) groups is 1. The van der Waals surface area contributed by atoms with E-state index in [1.165, 1.54) is 11.3 Å². The van der Waals surface area contributed by atoms with E-state index in [1.807, 2.05) is 0 Å². The smallest absolute Gasteiger partial charge is 0.249 e. The van der Waals surface area contributed by atoms with E-state index in [9.17, 15) is 9.90 Å². The number of thiophene rings is 1. The summed E-state index contributed by atoms with van der Waals surface area (Å²) in [7, 11) is 0. The van der Waals surface area contributed by atoms with Crippen molar-refractivity contribution in [2.24, 2.45) is 5.73 Å². The number of nitrogens with one attached hydrogen (secondary N) is 1. The van der Waals surface area contributed by atoms with Crippen molar-refractivity contribution >= 4 is 17.2 Å². The Morgan fingerprint density at radius 1 is 1.53 bits per heavy atom. The molecule has 1 aromatic heterocycles. The summed E-state index contributed by atoms with van der Waals surface area (Å²) in [5.41, 5.74) is 5.52. The van der Waals surface area contributed by atoms with Gasteiger partial charge in [0.05, 0.1) is 12.2 Å². The van der Waals surface area contributed by atoms with Gasteiger partial charge in [-0.2, -0.15) is 0 Å². The third kappa shape index (κ3) is 3.52. The molecule has 0 aliphatic rings. The molecule has 0 aliphatic heterocycles. The Morgan fingerprint density at radius 3 is 2.59 bits per heavy atom. The predicted molar refractivity (Wildman–Crippen MR) is 70.1 cm³/mol. The summed E-state index contributed by atoms with van der Waals surface area (Å²) in [6.07, 6.45) is 1.74. The molecule has 0 aliphatic carbocycles. The third-order valence-corrected chi connectivity index (χ3v) is 4.17. The Labute approximate surface area is 106 Å². The van der Waals surface area contributed by atoms with Gasteiger partial charge in [0.15, 0.2) is 0 Å². The van der Waals surface area contributed by atoms with Crippen molar-refractivity contribution in [2.45, 2.75) is 38.8 Å². The van der Waals surface area contributed by atoms with Crippen LogP contribution in [0, 0.1) is 0 Å². The van der Waals surface area contributed by atoms with Crippen molar-refractivity contribution in [3.8, 4) is 0 Å². The van der Waals surface area contributed by atoms with Crippen LogP contribution in [0.15, 0.2) is 11.4 Å². The summed E-state index contributed by atoms with van der Waals surface area (Å²) < 4.78 is 0. The number of nitrogens with two attached hydrogens (primary N) is 1. The number of primary amides is 1. The van der Waals surface area contributed by atoms with Gasteiger partial charge in [0.2, 0.25) is 5.91 Å². The van der Waals surface area contributed by atoms with Crippen LogP contribution in [0.25, 0.3) is 0 Å². The summed E-state index contributed by atoms with van der Waals surface area (Å²) in [6, 6.07) is 1.80. The lowest BCUT2D eigenvalue weighted by atomic mass is 9.94. The first-order valence-electron chi connectivity index (χ1n) is 5.80. The van der Waals surface area contributed by atoms with Crippen molar-refractivity contribution < 1.29 is 9.90 Å². The highest BCUT2D eigenvalue weighted by Crippen LogP contribution is 2.18. The van der Waals surface area contributed by atoms with Gasteiger partial charge in [0.1, 0.15) is 0 Å². The van der Waals surface area contributed by atoms with Gasteiger partial charge in [-0.05, 0) is 18.9 Å². The molecule has 1 heterocycles. The minimum atomic E-state index is -0.396. The standard InChI is InChI=1S/C12H20N2O2S/c1-3-12(4-2,8-15)14-6-10-5-9(7-17-10)11(13)16/h5,7,14-15H,3-4,6,8H2,1-2H3,(H2,13,16). The van der Waals surface area contributed by atoms with Crippen molar-refractivity contribution in [3.63, 3.8) is 0 Å². The van der Waals surface area contributed by atoms with Crippen LogP contribution in [0.4, 0.5) is 0 Å². The molecule has 0 aromatic carbocycles. The van der Waals surface area contributed by atoms with Crippen LogP contribution in [0.5, 0.6) is 0 Å². The zero-order valence-electron chi connectivity index (χ0n) is 10.3. The van der Waals surface area contributed by atoms with Crippen LogP contribution in [-0.2, 0) is 6.54 Å². The molecular weight excluding hydrogens is 236 g/mol. The van der Waals surface area contributed by atoms with Crippen molar-refractivity contribution in [1.82, 2.24) is 5.32 Å². The van der Waals surface area contributed by atoms with Gasteiger partial charge < -0.3 is 16.2 Å². The van der Waals surface area contributed by atoms with Gasteiger partial charge in [-0.15, -0.1) is 11.3 Å². The van der Waals surface area contributed by atoms with E-state index in [4.69, 9.17) is 5.73 Å². The van der Waals surface area contributed by atoms with E-state index in [0.717, 1.165) is 17.7 Å². The number of carbonyl (C=O) groups excluding carboxylic acids is 1. The highest BCUT2D eigenvalue weighted by Gasteiger charge is 2.24. The molecule has 5 heteroatoms. The van der Waals surface area contributed by atoms with Crippen LogP contribution in [-0.4, -0.2) is 23.2 Å². The van der Waals surface area contributed by atoms with E-state index in [0.29, 0.717) is 12.1 Å². The molecule has 4 nitrogen and oxygen atoms in total. The summed E-state index contributed by atoms with van der Waals surface area (Å²) >= 11 is 1.51. The zero-order chi connectivity index (χ0) is 12.9. The summed E-state index contributed by atoms with van der Waals surface area (Å²) in [5.74, 6) is -0.396. The molecule has 0 fully saturated rings. The van der Waals surface area contributed by atoms with Gasteiger partial charge in [-0.1, -0.05) is 13.8 Å². The number of aliphatic hydroxyl groups is 1. The molecular formula is C12H20N2O2S. The number of aliphatic hydroxyl groups excluding tert-OH is 1. The molecule has 0 unspecified atom stereocenters. The van der Waals surface area contributed by atoms with Crippen LogP contribution in [0.1, 0.15) is 41.9 Å². The Hall–Kier alpha value is -0.910. The van der Waals surface area contributed by atoms with E-state index in [1.54, 1.807) is 11.4 Å². The second-order valence-corrected chi connectivity index (χ2v) is 5.16. The minimum Gasteiger partial charge on any atom is -0.394 e. The number of hydrogen-bond donors (Lipinski definition) is 3. The molecule has 0 spiro atoms. The van der Waals surface area contributed by atoms with Crippen molar-refractivity contribution in [2.75, 3.05) is 6.61 Å². The van der Waals surface area contributed by atoms with E-state index < -0.39 is 5.91 Å². The number of hydrogen-bond acceptors (Lipinski definition) is 4. The second kappa shape index (κ2) is 6.14. The first kappa shape index (κ1) is 14.2. The molecule has 17 heavy (non-hydrogen) atoms. The minimum absolute atomic E-state index is 0.119. The average molecular weight is 256 g/mol. The quantitative estimate of drug-likeness (QED) is 0.692. The maximum Gasteiger partial charge on any atom is 0.249 e. The molecule has 0 bridgehead atoms. The van der Waals surface area contributed by atoms with Crippen LogP contribution >= 0.6 is 11.3 Å². The molecule has 96 valence electrons. The molecule has 1 amide bonds. The third-order valence-electron chi connectivity index (χ3n) is 3.23. The fraction of sp³-hybridized carbons (Fsp3) is 0.583. The number of amides is 1. The van der Waals surface area contributed by atoms with Gasteiger partial charge in [-0.25, -0.2) is 0 Å². The lowest BCUT2D eigenvalue weighted by molar-refractivity contribution is 0.100. The van der Waals surface area contributed by atoms with E-state index >= 15 is 0 Å². The van der Waals surface area contributed by atoms with Crippen LogP contribution < -0.4 is 11.1 Å². The molecule has 1 aromatic rings. The Kier molecular flexibility index (Phi) is 5.11. The van der Waals surface area contributed by atoms with Crippen molar-refractivity contribution in [3.05, 3.63) is 21.9 Å². The largest absolute Gasteiger partial charge is 0.394 e. The first-order valence-corrected chi connectivity index (χ1v) is 6.68. The van der Waals surface area contributed by atoms with Crippen LogP contribution in [0.3, 0.4) is 0 Å². The molecule has 4 N–H and O–H groups in total. The van der Waals surface area contributed by atoms with Gasteiger partial charge in [0.25, 0.3) is 0 Å². The molecule has 0 radical (unpaired) electrons. The molecule has 0 saturated carbocycles. The fourth-order valence-electron chi connectivity index (χ4n) is 1.66. The summed E-state index contributed by atoms with van der Waals surface area (Å²) in [6.45, 7) is 4.88. The van der Waals surface area contributed by atoms with Crippen LogP contribution in [0.2, 0.25) is 0 Å². The Balaban J connectivity index is 2.62. The maximum atomic E-state index is 11.0. The van der Waals surface area contributed by atoms with Gasteiger partial charge >= 0.3 is 0 Å². The SMILES string of the molecule is CCC(CC)(CO)NCc1cc(C(N)=O)cs1. The lowest BCUT2D eigenvalue weighted by Crippen LogP contribution is -2.46. The first-order chi connectivity index (χ1) is 8.06. The molecule has 0 saturated heterocycles. The highest BCUT2D eigenvalue weighted by molar-refractivity contribution is 7.10. The Bertz CT molecular complexity index is 364. The lowest BCUT2D eigenvalue weighted by Gasteiger charge is -2.30. The highest BCUT2D eigenvalue weighted by atomic mass is 32.1. The molecule has 1 rings (SSSR count). The topological polar surface area (TPSA) is 75.3 Å². The summed E-state index contributed by atoms with van der Waals surface area (Å²) in [4.78, 5) is 12.0. The fourth-order valence-corrected chi connectivity index (χ4v) is 2.47. The average Bonchev–Trinajstić information content (AvgIpc) is 2.81. The monoisotopic (exact) mass is 256 g/mol. The zero-order valence-corrected chi connectivity index (χ0v) is 11.1. The number of rotatable bonds is 7. The maximum absolute atomic E-state index is 11.0. The van der Waals surface area contributed by atoms with Gasteiger partial charge in [-0.3, -0.25) is 4.79 Å². The Morgan fingerprint density at radius 2 is 2.18 bits per heavy atom. The summed E-state index contributed by atoms with van der Waals surface area (Å²) in [5, 5.41) is 14.5. The predicted octanol–water partition coefficient (Wildman–Crippen LogP) is 1.49. The normalized spacial score (nSPS) is 11.7. The second-order valence-electron chi connectivity index (χ2n) is 4.17. The van der Waals surface area contributed by atoms with Crippen molar-refractivity contribution in [1.29, 1.82) is 0 Å². The van der Waals surface area contributed by atoms with Gasteiger partial charge in [0, 0.05) is 22.3 Å². The van der Waals surface area contributed by atoms with E-state index in [2.05, 4.69) is 19.2 Å².